The first kappa shape index (κ1) is 27.3. The second-order valence-electron chi connectivity index (χ2n) is 8.69. The number of methoxy groups -OCH3 is 2. The van der Waals surface area contributed by atoms with Gasteiger partial charge in [-0.2, -0.15) is 4.31 Å². The number of piperidine rings is 1. The van der Waals surface area contributed by atoms with Crippen molar-refractivity contribution in [2.24, 2.45) is 5.92 Å². The third-order valence-electron chi connectivity index (χ3n) is 6.30. The number of ether oxygens (including phenoxy) is 2. The Morgan fingerprint density at radius 1 is 1.11 bits per heavy atom. The van der Waals surface area contributed by atoms with Gasteiger partial charge in [0.15, 0.2) is 10.7 Å². The van der Waals surface area contributed by atoms with Crippen LogP contribution in [0.4, 0.5) is 14.5 Å². The molecule has 2 aromatic carbocycles. The Bertz CT molecular complexity index is 1460. The molecule has 0 unspecified atom stereocenters. The summed E-state index contributed by atoms with van der Waals surface area (Å²) in [5.74, 6) is -1.21. The van der Waals surface area contributed by atoms with Crippen LogP contribution in [0.3, 0.4) is 0 Å². The molecule has 1 aliphatic heterocycles. The maximum absolute atomic E-state index is 14.0. The van der Waals surface area contributed by atoms with Gasteiger partial charge in [0.1, 0.15) is 28.8 Å². The first-order valence-corrected chi connectivity index (χ1v) is 13.2. The van der Waals surface area contributed by atoms with Crippen LogP contribution in [0, 0.1) is 24.5 Å². The Kier molecular flexibility index (Phi) is 8.12. The van der Waals surface area contributed by atoms with Crippen molar-refractivity contribution in [2.45, 2.75) is 24.7 Å². The topological polar surface area (TPSA) is 111 Å². The summed E-state index contributed by atoms with van der Waals surface area (Å²) in [4.78, 5) is 12.8. The third kappa shape index (κ3) is 5.70. The minimum absolute atomic E-state index is 0.0594. The number of anilines is 1. The molecular formula is C26H27F2N3O6S. The molecule has 0 spiro atoms. The highest BCUT2D eigenvalue weighted by atomic mass is 32.2. The van der Waals surface area contributed by atoms with Gasteiger partial charge in [-0.3, -0.25) is 4.79 Å². The van der Waals surface area contributed by atoms with Crippen LogP contribution < -0.4 is 14.8 Å². The maximum atomic E-state index is 14.0. The Labute approximate surface area is 219 Å². The number of amides is 1. The summed E-state index contributed by atoms with van der Waals surface area (Å²) in [7, 11) is -1.01. The summed E-state index contributed by atoms with van der Waals surface area (Å²) in [6.45, 7) is 1.72. The molecule has 9 nitrogen and oxygen atoms in total. The lowest BCUT2D eigenvalue weighted by molar-refractivity contribution is -0.120. The molecule has 0 saturated carbocycles. The molecule has 1 aromatic heterocycles. The molecular weight excluding hydrogens is 520 g/mol. The van der Waals surface area contributed by atoms with Crippen molar-refractivity contribution < 1.29 is 36.0 Å². The minimum atomic E-state index is -4.02. The third-order valence-corrected chi connectivity index (χ3v) is 8.36. The van der Waals surface area contributed by atoms with Crippen LogP contribution in [0.5, 0.6) is 11.5 Å². The lowest BCUT2D eigenvalue weighted by Gasteiger charge is -2.30. The zero-order valence-electron chi connectivity index (χ0n) is 21.0. The standard InChI is InChI=1S/C26H27F2N3O6S/c1-16-25(23(37-30-16)9-5-17-4-6-19(27)14-21(17)28)38(33,34)31-12-10-18(11-13-31)26(32)29-22-8-7-20(35-2)15-24(22)36-3/h4-9,14-15,18H,10-13H2,1-3H3,(H,29,32)/b9-5+. The van der Waals surface area contributed by atoms with Crippen molar-refractivity contribution >= 4 is 33.8 Å². The van der Waals surface area contributed by atoms with E-state index in [4.69, 9.17) is 14.0 Å². The van der Waals surface area contributed by atoms with Gasteiger partial charge in [0.05, 0.1) is 19.9 Å². The van der Waals surface area contributed by atoms with Crippen molar-refractivity contribution in [3.63, 3.8) is 0 Å². The van der Waals surface area contributed by atoms with Gasteiger partial charge in [0.2, 0.25) is 15.9 Å². The zero-order chi connectivity index (χ0) is 27.4. The molecule has 38 heavy (non-hydrogen) atoms. The second kappa shape index (κ2) is 11.3. The van der Waals surface area contributed by atoms with Gasteiger partial charge in [0.25, 0.3) is 0 Å². The Morgan fingerprint density at radius 2 is 1.84 bits per heavy atom. The summed E-state index contributed by atoms with van der Waals surface area (Å²) in [6.07, 6.45) is 3.18. The minimum Gasteiger partial charge on any atom is -0.497 e. The fourth-order valence-electron chi connectivity index (χ4n) is 4.22. The van der Waals surface area contributed by atoms with E-state index < -0.39 is 27.6 Å². The van der Waals surface area contributed by atoms with E-state index in [0.717, 1.165) is 12.1 Å². The van der Waals surface area contributed by atoms with Gasteiger partial charge >= 0.3 is 0 Å². The number of nitrogens with zero attached hydrogens (tertiary/aromatic N) is 2. The Hall–Kier alpha value is -3.77. The quantitative estimate of drug-likeness (QED) is 0.442. The number of carbonyl (C=O) groups excluding carboxylic acids is 1. The average molecular weight is 548 g/mol. The molecule has 1 fully saturated rings. The molecule has 0 aliphatic carbocycles. The number of halogens is 2. The van der Waals surface area contributed by atoms with Gasteiger partial charge < -0.3 is 19.3 Å². The summed E-state index contributed by atoms with van der Waals surface area (Å²) in [5.41, 5.74) is 0.697. The Balaban J connectivity index is 1.45. The summed E-state index contributed by atoms with van der Waals surface area (Å²) in [5, 5.41) is 6.62. The molecule has 3 aromatic rings. The summed E-state index contributed by atoms with van der Waals surface area (Å²) >= 11 is 0. The van der Waals surface area contributed by atoms with Gasteiger partial charge in [-0.25, -0.2) is 17.2 Å². The predicted molar refractivity (Wildman–Crippen MR) is 136 cm³/mol. The van der Waals surface area contributed by atoms with E-state index in [2.05, 4.69) is 10.5 Å². The van der Waals surface area contributed by atoms with Gasteiger partial charge in [-0.1, -0.05) is 5.16 Å². The SMILES string of the molecule is COc1ccc(NC(=O)C2CCN(S(=O)(=O)c3c(C)noc3/C=C/c3ccc(F)cc3F)CC2)c(OC)c1. The number of hydrogen-bond donors (Lipinski definition) is 1. The van der Waals surface area contributed by atoms with Crippen LogP contribution in [0.15, 0.2) is 45.8 Å². The first-order chi connectivity index (χ1) is 18.1. The van der Waals surface area contributed by atoms with Crippen molar-refractivity contribution in [2.75, 3.05) is 32.6 Å². The highest BCUT2D eigenvalue weighted by molar-refractivity contribution is 7.89. The van der Waals surface area contributed by atoms with E-state index in [1.165, 1.54) is 43.7 Å². The van der Waals surface area contributed by atoms with Gasteiger partial charge in [-0.05, 0) is 56.2 Å². The monoisotopic (exact) mass is 547 g/mol. The first-order valence-electron chi connectivity index (χ1n) is 11.8. The normalized spacial score (nSPS) is 15.1. The number of benzene rings is 2. The molecule has 12 heteroatoms. The average Bonchev–Trinajstić information content (AvgIpc) is 3.29. The molecule has 1 aliphatic rings. The number of aromatic nitrogens is 1. The van der Waals surface area contributed by atoms with E-state index in [9.17, 15) is 22.0 Å². The lowest BCUT2D eigenvalue weighted by atomic mass is 9.97. The molecule has 1 saturated heterocycles. The Morgan fingerprint density at radius 3 is 2.50 bits per heavy atom. The highest BCUT2D eigenvalue weighted by Gasteiger charge is 2.36. The zero-order valence-corrected chi connectivity index (χ0v) is 21.8. The molecule has 0 radical (unpaired) electrons. The van der Waals surface area contributed by atoms with Crippen LogP contribution in [-0.4, -0.2) is 51.1 Å². The van der Waals surface area contributed by atoms with E-state index in [1.807, 2.05) is 0 Å². The van der Waals surface area contributed by atoms with Gasteiger partial charge in [-0.15, -0.1) is 0 Å². The smallest absolute Gasteiger partial charge is 0.248 e. The molecule has 0 bridgehead atoms. The molecule has 0 atom stereocenters. The van der Waals surface area contributed by atoms with Crippen LogP contribution in [0.2, 0.25) is 0 Å². The van der Waals surface area contributed by atoms with Crippen LogP contribution >= 0.6 is 0 Å². The fourth-order valence-corrected chi connectivity index (χ4v) is 5.94. The molecule has 202 valence electrons. The highest BCUT2D eigenvalue weighted by Crippen LogP contribution is 2.32. The number of nitrogens with one attached hydrogen (secondary N) is 1. The molecule has 1 amide bonds. The van der Waals surface area contributed by atoms with E-state index in [1.54, 1.807) is 18.2 Å². The maximum Gasteiger partial charge on any atom is 0.248 e. The van der Waals surface area contributed by atoms with Crippen molar-refractivity contribution in [3.8, 4) is 11.5 Å². The largest absolute Gasteiger partial charge is 0.497 e. The number of sulfonamides is 1. The summed E-state index contributed by atoms with van der Waals surface area (Å²) in [6, 6.07) is 8.09. The van der Waals surface area contributed by atoms with Crippen LogP contribution in [-0.2, 0) is 14.8 Å². The predicted octanol–water partition coefficient (Wildman–Crippen LogP) is 4.49. The number of aryl methyl sites for hydroxylation is 1. The number of hydrogen-bond acceptors (Lipinski definition) is 7. The number of carbonyl (C=O) groups is 1. The summed E-state index contributed by atoms with van der Waals surface area (Å²) < 4.78 is 71.1. The van der Waals surface area contributed by atoms with E-state index >= 15 is 0 Å². The molecule has 1 N–H and O–H groups in total. The van der Waals surface area contributed by atoms with Crippen molar-refractivity contribution in [3.05, 3.63) is 65.1 Å². The fraction of sp³-hybridized carbons (Fsp3) is 0.308. The molecule has 2 heterocycles. The van der Waals surface area contributed by atoms with E-state index in [0.29, 0.717) is 30.0 Å². The van der Waals surface area contributed by atoms with Crippen molar-refractivity contribution in [1.82, 2.24) is 9.46 Å². The second-order valence-corrected chi connectivity index (χ2v) is 10.6. The number of rotatable bonds is 8. The van der Waals surface area contributed by atoms with Crippen LogP contribution in [0.25, 0.3) is 12.2 Å². The van der Waals surface area contributed by atoms with Gasteiger partial charge in [0, 0.05) is 36.7 Å². The van der Waals surface area contributed by atoms with Crippen molar-refractivity contribution in [1.29, 1.82) is 0 Å². The van der Waals surface area contributed by atoms with E-state index in [-0.39, 0.29) is 40.9 Å². The lowest BCUT2D eigenvalue weighted by Crippen LogP contribution is -2.41. The van der Waals surface area contributed by atoms with Crippen LogP contribution in [0.1, 0.15) is 29.9 Å². The molecule has 4 rings (SSSR count).